The Morgan fingerprint density at radius 3 is 2.81 bits per heavy atom. The third-order valence-electron chi connectivity index (χ3n) is 3.47. The average Bonchev–Trinajstić information content (AvgIpc) is 2.52. The molecule has 0 bridgehead atoms. The van der Waals surface area contributed by atoms with Gasteiger partial charge in [-0.25, -0.2) is 5.43 Å². The van der Waals surface area contributed by atoms with Gasteiger partial charge in [0.25, 0.3) is 0 Å². The normalized spacial score (nSPS) is 12.5. The molecule has 0 saturated carbocycles. The zero-order valence-corrected chi connectivity index (χ0v) is 13.4. The highest BCUT2D eigenvalue weighted by atomic mass is 79.9. The van der Waals surface area contributed by atoms with Crippen LogP contribution in [0, 0.1) is 0 Å². The maximum Gasteiger partial charge on any atom is 0.0716 e. The van der Waals surface area contributed by atoms with Crippen molar-refractivity contribution in [2.45, 2.75) is 6.04 Å². The zero-order chi connectivity index (χ0) is 14.8. The van der Waals surface area contributed by atoms with Crippen molar-refractivity contribution in [3.05, 3.63) is 75.5 Å². The molecular formula is C16H13BrClN3. The number of rotatable bonds is 3. The number of fused-ring (bicyclic) bond motifs is 1. The number of hydrazine groups is 1. The Labute approximate surface area is 136 Å². The summed E-state index contributed by atoms with van der Waals surface area (Å²) in [4.78, 5) is 4.16. The second kappa shape index (κ2) is 6.12. The summed E-state index contributed by atoms with van der Waals surface area (Å²) in [6.07, 6.45) is 3.64. The van der Waals surface area contributed by atoms with Crippen molar-refractivity contribution < 1.29 is 0 Å². The number of benzene rings is 2. The van der Waals surface area contributed by atoms with E-state index in [0.29, 0.717) is 5.02 Å². The minimum Gasteiger partial charge on any atom is -0.271 e. The molecule has 1 aromatic heterocycles. The predicted molar refractivity (Wildman–Crippen MR) is 90.1 cm³/mol. The molecule has 0 aliphatic heterocycles. The Morgan fingerprint density at radius 1 is 1.19 bits per heavy atom. The van der Waals surface area contributed by atoms with Gasteiger partial charge in [-0.05, 0) is 50.6 Å². The minimum absolute atomic E-state index is 0.121. The molecule has 2 aromatic carbocycles. The second-order valence-corrected chi connectivity index (χ2v) is 5.98. The molecule has 3 rings (SSSR count). The molecule has 21 heavy (non-hydrogen) atoms. The van der Waals surface area contributed by atoms with Gasteiger partial charge in [0.05, 0.1) is 11.1 Å². The first kappa shape index (κ1) is 14.5. The van der Waals surface area contributed by atoms with Crippen molar-refractivity contribution in [3.8, 4) is 0 Å². The summed E-state index contributed by atoms with van der Waals surface area (Å²) in [5, 5.41) is 2.89. The topological polar surface area (TPSA) is 50.9 Å². The van der Waals surface area contributed by atoms with Crippen molar-refractivity contribution in [1.29, 1.82) is 0 Å². The van der Waals surface area contributed by atoms with Gasteiger partial charge < -0.3 is 0 Å². The van der Waals surface area contributed by atoms with Gasteiger partial charge in [-0.3, -0.25) is 10.8 Å². The Hall–Kier alpha value is -1.46. The monoisotopic (exact) mass is 361 g/mol. The molecule has 0 fully saturated rings. The SMILES string of the molecule is NNC(c1ccc(Cl)c(Br)c1)c1cccc2cnccc12. The molecule has 0 amide bonds. The number of aromatic nitrogens is 1. The first-order chi connectivity index (χ1) is 10.2. The number of nitrogens with zero attached hydrogens (tertiary/aromatic N) is 1. The van der Waals surface area contributed by atoms with Gasteiger partial charge in [0.1, 0.15) is 0 Å². The molecule has 5 heteroatoms. The molecule has 1 heterocycles. The van der Waals surface area contributed by atoms with Crippen LogP contribution < -0.4 is 11.3 Å². The Bertz CT molecular complexity index is 786. The fraction of sp³-hybridized carbons (Fsp3) is 0.0625. The molecule has 1 unspecified atom stereocenters. The molecule has 0 aliphatic rings. The van der Waals surface area contributed by atoms with Gasteiger partial charge in [-0.1, -0.05) is 35.9 Å². The van der Waals surface area contributed by atoms with Gasteiger partial charge >= 0.3 is 0 Å². The first-order valence-corrected chi connectivity index (χ1v) is 7.61. The van der Waals surface area contributed by atoms with E-state index in [1.165, 1.54) is 0 Å². The van der Waals surface area contributed by atoms with Crippen molar-refractivity contribution in [2.24, 2.45) is 5.84 Å². The standard InChI is InChI=1S/C16H13BrClN3/c17-14-8-10(4-5-15(14)18)16(21-19)13-3-1-2-11-9-20-7-6-12(11)13/h1-9,16,21H,19H2. The number of hydrogen-bond acceptors (Lipinski definition) is 3. The third kappa shape index (κ3) is 2.80. The number of hydrogen-bond donors (Lipinski definition) is 2. The smallest absolute Gasteiger partial charge is 0.0716 e. The molecule has 0 saturated heterocycles. The van der Waals surface area contributed by atoms with E-state index in [2.05, 4.69) is 32.4 Å². The van der Waals surface area contributed by atoms with Crippen LogP contribution in [-0.4, -0.2) is 4.98 Å². The number of nitrogens with one attached hydrogen (secondary N) is 1. The molecule has 3 aromatic rings. The van der Waals surface area contributed by atoms with Gasteiger partial charge in [0.15, 0.2) is 0 Å². The number of nitrogens with two attached hydrogens (primary N) is 1. The molecule has 0 aliphatic carbocycles. The largest absolute Gasteiger partial charge is 0.271 e. The summed E-state index contributed by atoms with van der Waals surface area (Å²) in [5.41, 5.74) is 5.03. The minimum atomic E-state index is -0.121. The van der Waals surface area contributed by atoms with Crippen LogP contribution in [0.5, 0.6) is 0 Å². The third-order valence-corrected chi connectivity index (χ3v) is 4.68. The van der Waals surface area contributed by atoms with Crippen molar-refractivity contribution in [1.82, 2.24) is 10.4 Å². The fourth-order valence-electron chi connectivity index (χ4n) is 2.46. The zero-order valence-electron chi connectivity index (χ0n) is 11.1. The molecule has 3 N–H and O–H groups in total. The van der Waals surface area contributed by atoms with Crippen molar-refractivity contribution in [3.63, 3.8) is 0 Å². The summed E-state index contributed by atoms with van der Waals surface area (Å²) in [6, 6.07) is 13.8. The van der Waals surface area contributed by atoms with Gasteiger partial charge in [-0.15, -0.1) is 0 Å². The highest BCUT2D eigenvalue weighted by Gasteiger charge is 2.16. The lowest BCUT2D eigenvalue weighted by Crippen LogP contribution is -2.29. The van der Waals surface area contributed by atoms with E-state index in [-0.39, 0.29) is 6.04 Å². The van der Waals surface area contributed by atoms with Crippen molar-refractivity contribution in [2.75, 3.05) is 0 Å². The van der Waals surface area contributed by atoms with Crippen LogP contribution in [0.25, 0.3) is 10.8 Å². The summed E-state index contributed by atoms with van der Waals surface area (Å²) in [6.45, 7) is 0. The summed E-state index contributed by atoms with van der Waals surface area (Å²) in [7, 11) is 0. The molecular weight excluding hydrogens is 350 g/mol. The van der Waals surface area contributed by atoms with Crippen LogP contribution >= 0.6 is 27.5 Å². The summed E-state index contributed by atoms with van der Waals surface area (Å²) < 4.78 is 0.851. The number of halogens is 2. The fourth-order valence-corrected chi connectivity index (χ4v) is 2.97. The van der Waals surface area contributed by atoms with Crippen LogP contribution in [0.4, 0.5) is 0 Å². The maximum atomic E-state index is 6.06. The van der Waals surface area contributed by atoms with E-state index in [4.69, 9.17) is 17.4 Å². The molecule has 0 spiro atoms. The lowest BCUT2D eigenvalue weighted by atomic mass is 9.95. The predicted octanol–water partition coefficient (Wildman–Crippen LogP) is 4.20. The van der Waals surface area contributed by atoms with E-state index in [0.717, 1.165) is 26.4 Å². The van der Waals surface area contributed by atoms with Crippen LogP contribution in [0.15, 0.2) is 59.3 Å². The quantitative estimate of drug-likeness (QED) is 0.542. The summed E-state index contributed by atoms with van der Waals surface area (Å²) in [5.74, 6) is 5.80. The number of pyridine rings is 1. The Balaban J connectivity index is 2.16. The van der Waals surface area contributed by atoms with E-state index in [1.807, 2.05) is 42.6 Å². The van der Waals surface area contributed by atoms with E-state index < -0.39 is 0 Å². The van der Waals surface area contributed by atoms with Crippen LogP contribution in [0.3, 0.4) is 0 Å². The van der Waals surface area contributed by atoms with Crippen LogP contribution in [-0.2, 0) is 0 Å². The Morgan fingerprint density at radius 2 is 2.05 bits per heavy atom. The maximum absolute atomic E-state index is 6.06. The highest BCUT2D eigenvalue weighted by molar-refractivity contribution is 9.10. The van der Waals surface area contributed by atoms with Gasteiger partial charge in [0.2, 0.25) is 0 Å². The van der Waals surface area contributed by atoms with E-state index in [9.17, 15) is 0 Å². The van der Waals surface area contributed by atoms with Crippen LogP contribution in [0.2, 0.25) is 5.02 Å². The lowest BCUT2D eigenvalue weighted by Gasteiger charge is -2.19. The van der Waals surface area contributed by atoms with Gasteiger partial charge in [-0.2, -0.15) is 0 Å². The molecule has 106 valence electrons. The van der Waals surface area contributed by atoms with Crippen molar-refractivity contribution >= 4 is 38.3 Å². The lowest BCUT2D eigenvalue weighted by molar-refractivity contribution is 0.640. The van der Waals surface area contributed by atoms with E-state index >= 15 is 0 Å². The van der Waals surface area contributed by atoms with Crippen LogP contribution in [0.1, 0.15) is 17.2 Å². The molecule has 3 nitrogen and oxygen atoms in total. The molecule has 0 radical (unpaired) electrons. The van der Waals surface area contributed by atoms with E-state index in [1.54, 1.807) is 6.20 Å². The van der Waals surface area contributed by atoms with Gasteiger partial charge in [0, 0.05) is 22.3 Å². The molecule has 1 atom stereocenters. The second-order valence-electron chi connectivity index (χ2n) is 4.72. The Kier molecular flexibility index (Phi) is 4.22. The summed E-state index contributed by atoms with van der Waals surface area (Å²) >= 11 is 9.52. The average molecular weight is 363 g/mol. The first-order valence-electron chi connectivity index (χ1n) is 6.44. The highest BCUT2D eigenvalue weighted by Crippen LogP contribution is 2.31.